The van der Waals surface area contributed by atoms with Gasteiger partial charge >= 0.3 is 35.8 Å². The average Bonchev–Trinajstić information content (AvgIpc) is 3.61. The molecule has 2 saturated heterocycles. The van der Waals surface area contributed by atoms with Crippen LogP contribution in [-0.4, -0.2) is 142 Å². The molecule has 1 aromatic carbocycles. The number of carbonyl (C=O) groups excluding carboxylic acids is 7. The second-order valence-electron chi connectivity index (χ2n) is 15.0. The van der Waals surface area contributed by atoms with Gasteiger partial charge in [-0.15, -0.1) is 0 Å². The van der Waals surface area contributed by atoms with Crippen LogP contribution in [0.4, 0.5) is 5.69 Å². The predicted octanol–water partition coefficient (Wildman–Crippen LogP) is 1.01. The summed E-state index contributed by atoms with van der Waals surface area (Å²) in [5, 5.41) is 25.0. The quantitative estimate of drug-likeness (QED) is 0.160. The summed E-state index contributed by atoms with van der Waals surface area (Å²) in [5.41, 5.74) is 0.358. The van der Waals surface area contributed by atoms with Gasteiger partial charge in [0, 0.05) is 45.7 Å². The molecule has 4 heterocycles. The number of methoxy groups -OCH3 is 1. The van der Waals surface area contributed by atoms with Gasteiger partial charge in [0.2, 0.25) is 6.29 Å². The lowest BCUT2D eigenvalue weighted by atomic mass is 9.97. The summed E-state index contributed by atoms with van der Waals surface area (Å²) in [6.45, 7) is 8.63. The highest BCUT2D eigenvalue weighted by atomic mass is 16.8. The van der Waals surface area contributed by atoms with Gasteiger partial charge in [-0.25, -0.2) is 14.6 Å². The van der Waals surface area contributed by atoms with Crippen LogP contribution in [0.5, 0.6) is 5.75 Å². The maximum absolute atomic E-state index is 13.2. The number of aliphatic hydroxyl groups is 2. The van der Waals surface area contributed by atoms with Gasteiger partial charge < -0.3 is 67.3 Å². The van der Waals surface area contributed by atoms with Crippen molar-refractivity contribution in [3.05, 3.63) is 60.0 Å². The van der Waals surface area contributed by atoms with Crippen molar-refractivity contribution in [3.8, 4) is 5.75 Å². The van der Waals surface area contributed by atoms with Crippen LogP contribution in [0, 0.1) is 0 Å². The van der Waals surface area contributed by atoms with E-state index in [9.17, 15) is 43.8 Å². The number of anilines is 1. The highest BCUT2D eigenvalue weighted by Gasteiger charge is 2.55. The summed E-state index contributed by atoms with van der Waals surface area (Å²) in [6.07, 6.45) is -13.9. The van der Waals surface area contributed by atoms with Gasteiger partial charge in [0.05, 0.1) is 19.4 Å². The fourth-order valence-corrected chi connectivity index (χ4v) is 6.40. The lowest BCUT2D eigenvalue weighted by Gasteiger charge is -2.44. The molecule has 1 amide bonds. The predicted molar refractivity (Wildman–Crippen MR) is 205 cm³/mol. The number of ether oxygens (including phenoxy) is 10. The number of imidazole rings is 1. The zero-order chi connectivity index (χ0) is 45.6. The summed E-state index contributed by atoms with van der Waals surface area (Å²) in [4.78, 5) is 91.2. The van der Waals surface area contributed by atoms with E-state index in [1.54, 1.807) is 43.5 Å². The molecule has 10 atom stereocenters. The van der Waals surface area contributed by atoms with Gasteiger partial charge in [-0.1, -0.05) is 0 Å². The number of aliphatic hydroxyl groups excluding tert-OH is 2. The van der Waals surface area contributed by atoms with Crippen LogP contribution in [0.25, 0.3) is 5.65 Å². The third-order valence-electron chi connectivity index (χ3n) is 8.89. The summed E-state index contributed by atoms with van der Waals surface area (Å²) in [7, 11) is 1.01. The van der Waals surface area contributed by atoms with E-state index in [0.29, 0.717) is 11.3 Å². The first kappa shape index (κ1) is 46.9. The third-order valence-corrected chi connectivity index (χ3v) is 8.89. The van der Waals surface area contributed by atoms with Crippen LogP contribution >= 0.6 is 0 Å². The highest BCUT2D eigenvalue weighted by molar-refractivity contribution is 6.04. The van der Waals surface area contributed by atoms with Gasteiger partial charge in [0.15, 0.2) is 48.6 Å². The molecule has 3 N–H and O–H groups in total. The summed E-state index contributed by atoms with van der Waals surface area (Å²) in [6, 6.07) is 8.78. The molecule has 2 fully saturated rings. The molecule has 62 heavy (non-hydrogen) atoms. The molecule has 0 radical (unpaired) electrons. The van der Waals surface area contributed by atoms with Crippen LogP contribution in [0.2, 0.25) is 0 Å². The largest absolute Gasteiger partial charge is 0.467 e. The minimum absolute atomic E-state index is 0.0527. The molecule has 22 nitrogen and oxygen atoms in total. The number of pyridine rings is 1. The van der Waals surface area contributed by atoms with Crippen LogP contribution in [0.15, 0.2) is 48.8 Å². The smallest absolute Gasteiger partial charge is 0.359 e. The second kappa shape index (κ2) is 19.7. The van der Waals surface area contributed by atoms with Crippen LogP contribution < -0.4 is 10.1 Å². The van der Waals surface area contributed by atoms with E-state index in [-0.39, 0.29) is 17.0 Å². The summed E-state index contributed by atoms with van der Waals surface area (Å²) in [5.74, 6) is -5.78. The van der Waals surface area contributed by atoms with Crippen molar-refractivity contribution in [3.63, 3.8) is 0 Å². The van der Waals surface area contributed by atoms with Gasteiger partial charge in [0.25, 0.3) is 5.91 Å². The Labute approximate surface area is 353 Å². The van der Waals surface area contributed by atoms with Crippen molar-refractivity contribution in [1.82, 2.24) is 9.38 Å². The molecule has 0 saturated carbocycles. The van der Waals surface area contributed by atoms with Gasteiger partial charge in [-0.05, 0) is 57.2 Å². The van der Waals surface area contributed by atoms with Crippen molar-refractivity contribution >= 4 is 53.1 Å². The lowest BCUT2D eigenvalue weighted by molar-refractivity contribution is -0.322. The Kier molecular flexibility index (Phi) is 14.9. The lowest BCUT2D eigenvalue weighted by Crippen LogP contribution is -2.64. The first-order chi connectivity index (χ1) is 29.1. The van der Waals surface area contributed by atoms with E-state index in [4.69, 9.17) is 47.4 Å². The number of rotatable bonds is 13. The molecule has 1 unspecified atom stereocenters. The molecule has 336 valence electrons. The number of nitrogens with one attached hydrogen (secondary N) is 1. The first-order valence-electron chi connectivity index (χ1n) is 19.0. The molecule has 2 aliphatic rings. The van der Waals surface area contributed by atoms with Gasteiger partial charge in [-0.3, -0.25) is 24.0 Å². The van der Waals surface area contributed by atoms with E-state index in [1.807, 2.05) is 0 Å². The number of hydrogen-bond donors (Lipinski definition) is 3. The Bertz CT molecular complexity index is 2150. The summed E-state index contributed by atoms with van der Waals surface area (Å²) >= 11 is 0. The Morgan fingerprint density at radius 3 is 1.90 bits per heavy atom. The third kappa shape index (κ3) is 11.8. The van der Waals surface area contributed by atoms with Gasteiger partial charge in [-0.2, -0.15) is 0 Å². The molecule has 3 aromatic rings. The monoisotopic (exact) mass is 873 g/mol. The number of benzene rings is 1. The average molecular weight is 874 g/mol. The van der Waals surface area contributed by atoms with Crippen molar-refractivity contribution in [2.45, 2.75) is 115 Å². The Hall–Kier alpha value is -6.20. The fraction of sp³-hybridized carbons (Fsp3) is 0.500. The van der Waals surface area contributed by atoms with E-state index < -0.39 is 115 Å². The Balaban J connectivity index is 1.34. The molecule has 5 rings (SSSR count). The van der Waals surface area contributed by atoms with E-state index in [2.05, 4.69) is 10.3 Å². The van der Waals surface area contributed by atoms with Crippen molar-refractivity contribution in [2.24, 2.45) is 0 Å². The zero-order valence-electron chi connectivity index (χ0n) is 34.8. The maximum Gasteiger partial charge on any atom is 0.359 e. The normalized spacial score (nSPS) is 26.0. The molecular formula is C40H47N3O19. The van der Waals surface area contributed by atoms with Gasteiger partial charge in [0.1, 0.15) is 29.2 Å². The fourth-order valence-electron chi connectivity index (χ4n) is 6.40. The molecule has 2 aromatic heterocycles. The van der Waals surface area contributed by atoms with Crippen molar-refractivity contribution < 1.29 is 91.1 Å². The van der Waals surface area contributed by atoms with Crippen molar-refractivity contribution in [2.75, 3.05) is 19.0 Å². The minimum atomic E-state index is -1.89. The number of fused-ring (bicyclic) bond motifs is 1. The highest BCUT2D eigenvalue weighted by Crippen LogP contribution is 2.32. The molecule has 0 spiro atoms. The van der Waals surface area contributed by atoms with Crippen LogP contribution in [0.3, 0.4) is 0 Å². The summed E-state index contributed by atoms with van der Waals surface area (Å²) < 4.78 is 56.4. The topological polar surface area (TPSA) is 282 Å². The van der Waals surface area contributed by atoms with Crippen molar-refractivity contribution in [1.29, 1.82) is 0 Å². The molecule has 0 aliphatic carbocycles. The molecular weight excluding hydrogens is 826 g/mol. The van der Waals surface area contributed by atoms with E-state index >= 15 is 0 Å². The van der Waals surface area contributed by atoms with Crippen LogP contribution in [0.1, 0.15) is 69.3 Å². The number of esters is 6. The number of aromatic nitrogens is 2. The molecule has 22 heteroatoms. The molecule has 0 bridgehead atoms. The van der Waals surface area contributed by atoms with E-state index in [0.717, 1.165) is 34.8 Å². The molecule has 2 aliphatic heterocycles. The minimum Gasteiger partial charge on any atom is -0.467 e. The Morgan fingerprint density at radius 2 is 1.32 bits per heavy atom. The van der Waals surface area contributed by atoms with E-state index in [1.165, 1.54) is 30.5 Å². The number of hydrogen-bond acceptors (Lipinski definition) is 20. The standard InChI is InChI=1S/C40H47N3O19/c1-18(44)55-30-26(17-54-39-34(58-21(4)47)31(56-19(2)45)28(48)33(61-39)37(52)53-8)60-38(29(49)32(30)57-20(3)46)59-24-12-9-22(10-13-24)35(50)41-23-11-14-27-42-25(16-43(27)15-23)36(51)62-40(5,6)7/h9-16,26,28-34,38-39,48-49H,17H2,1-8H3,(H,41,50)/t26-,28+,29-,30+,31+,32-,33?,34-,38-,39-/m1/s1. The maximum atomic E-state index is 13.2. The second-order valence-corrected chi connectivity index (χ2v) is 15.0. The SMILES string of the molecule is COC(=O)C1O[C@@H](OC[C@H]2O[C@@H](Oc3ccc(C(=O)Nc4ccc5nc(C(=O)OC(C)(C)C)cn5c4)cc3)[C@H](O)[C@@H](OC(C)=O)[C@H]2OC(C)=O)[C@H](OC(C)=O)[C@@H](OC(C)=O)[C@@H]1O. The number of nitrogens with zero attached hydrogens (tertiary/aromatic N) is 2. The van der Waals surface area contributed by atoms with Crippen LogP contribution in [-0.2, 0) is 66.6 Å². The number of amides is 1. The Morgan fingerprint density at radius 1 is 0.742 bits per heavy atom. The number of carbonyl (C=O) groups is 7. The first-order valence-corrected chi connectivity index (χ1v) is 19.0. The zero-order valence-corrected chi connectivity index (χ0v) is 34.8.